The predicted molar refractivity (Wildman–Crippen MR) is 87.7 cm³/mol. The van der Waals surface area contributed by atoms with Gasteiger partial charge in [-0.15, -0.1) is 23.1 Å². The molecule has 1 N–H and O–H groups in total. The van der Waals surface area contributed by atoms with E-state index in [-0.39, 0.29) is 0 Å². The predicted octanol–water partition coefficient (Wildman–Crippen LogP) is 4.33. The highest BCUT2D eigenvalue weighted by Crippen LogP contribution is 2.31. The van der Waals surface area contributed by atoms with Crippen molar-refractivity contribution in [2.45, 2.75) is 17.7 Å². The van der Waals surface area contributed by atoms with Gasteiger partial charge in [-0.3, -0.25) is 0 Å². The van der Waals surface area contributed by atoms with E-state index in [0.29, 0.717) is 5.95 Å². The van der Waals surface area contributed by atoms with E-state index in [0.717, 1.165) is 21.0 Å². The summed E-state index contributed by atoms with van der Waals surface area (Å²) in [5.74, 6) is 1.61. The minimum atomic E-state index is 0.687. The maximum Gasteiger partial charge on any atom is 0.224 e. The summed E-state index contributed by atoms with van der Waals surface area (Å²) in [5, 5.41) is 7.28. The van der Waals surface area contributed by atoms with Crippen LogP contribution in [0.2, 0.25) is 0 Å². The minimum absolute atomic E-state index is 0.687. The summed E-state index contributed by atoms with van der Waals surface area (Å²) in [5.41, 5.74) is 2.62. The first kappa shape index (κ1) is 13.4. The summed E-state index contributed by atoms with van der Waals surface area (Å²) in [6.07, 6.45) is 0. The van der Waals surface area contributed by atoms with Gasteiger partial charge in [0.15, 0.2) is 0 Å². The molecule has 0 atom stereocenters. The van der Waals surface area contributed by atoms with Gasteiger partial charge < -0.3 is 5.32 Å². The maximum atomic E-state index is 4.58. The average Bonchev–Trinajstić information content (AvgIpc) is 2.93. The number of benzene rings is 1. The Hall–Kier alpha value is -1.59. The molecule has 1 aromatic carbocycles. The third kappa shape index (κ3) is 2.78. The van der Waals surface area contributed by atoms with Crippen LogP contribution in [-0.4, -0.2) is 17.0 Å². The van der Waals surface area contributed by atoms with Crippen molar-refractivity contribution in [1.82, 2.24) is 9.97 Å². The molecule has 0 fully saturated rings. The number of rotatable bonds is 4. The zero-order chi connectivity index (χ0) is 13.9. The van der Waals surface area contributed by atoms with Gasteiger partial charge in [-0.1, -0.05) is 29.8 Å². The van der Waals surface area contributed by atoms with Crippen molar-refractivity contribution in [3.63, 3.8) is 0 Å². The molecular formula is C15H15N3S2. The zero-order valence-electron chi connectivity index (χ0n) is 11.4. The number of anilines is 1. The minimum Gasteiger partial charge on any atom is -0.357 e. The highest BCUT2D eigenvalue weighted by molar-refractivity contribution is 7.98. The summed E-state index contributed by atoms with van der Waals surface area (Å²) in [4.78, 5) is 10.1. The Morgan fingerprint density at radius 2 is 2.15 bits per heavy atom. The third-order valence-electron chi connectivity index (χ3n) is 2.97. The van der Waals surface area contributed by atoms with Crippen LogP contribution in [0.1, 0.15) is 11.1 Å². The van der Waals surface area contributed by atoms with Crippen molar-refractivity contribution in [3.8, 4) is 0 Å². The monoisotopic (exact) mass is 301 g/mol. The van der Waals surface area contributed by atoms with Gasteiger partial charge in [0.1, 0.15) is 9.86 Å². The number of fused-ring (bicyclic) bond motifs is 1. The lowest BCUT2D eigenvalue weighted by molar-refractivity contribution is 1.10. The molecule has 0 saturated carbocycles. The van der Waals surface area contributed by atoms with Crippen LogP contribution in [0.3, 0.4) is 0 Å². The van der Waals surface area contributed by atoms with Gasteiger partial charge in [0, 0.05) is 18.2 Å². The van der Waals surface area contributed by atoms with Crippen LogP contribution in [-0.2, 0) is 5.75 Å². The molecule has 0 spiro atoms. The standard InChI is InChI=1S/C15H15N3S2/c1-10-4-3-5-11(8-10)9-20-14-12-6-7-19-13(12)17-15(16-2)18-14/h3-8H,9H2,1-2H3,(H,16,17,18). The normalized spacial score (nSPS) is 10.9. The van der Waals surface area contributed by atoms with Crippen LogP contribution in [0.4, 0.5) is 5.95 Å². The molecule has 3 nitrogen and oxygen atoms in total. The van der Waals surface area contributed by atoms with Gasteiger partial charge in [0.25, 0.3) is 0 Å². The molecule has 2 heterocycles. The molecule has 3 aromatic rings. The van der Waals surface area contributed by atoms with Crippen molar-refractivity contribution in [2.24, 2.45) is 0 Å². The summed E-state index contributed by atoms with van der Waals surface area (Å²) in [7, 11) is 1.85. The fourth-order valence-electron chi connectivity index (χ4n) is 2.00. The molecule has 0 bridgehead atoms. The van der Waals surface area contributed by atoms with Gasteiger partial charge in [-0.05, 0) is 23.9 Å². The molecule has 0 unspecified atom stereocenters. The quantitative estimate of drug-likeness (QED) is 0.575. The molecule has 3 rings (SSSR count). The van der Waals surface area contributed by atoms with Gasteiger partial charge in [0.2, 0.25) is 5.95 Å². The van der Waals surface area contributed by atoms with Crippen LogP contribution in [0.25, 0.3) is 10.2 Å². The van der Waals surface area contributed by atoms with Crippen LogP contribution in [0, 0.1) is 6.92 Å². The molecule has 2 aromatic heterocycles. The molecule has 0 aliphatic carbocycles. The zero-order valence-corrected chi connectivity index (χ0v) is 13.0. The van der Waals surface area contributed by atoms with Crippen LogP contribution in [0.15, 0.2) is 40.7 Å². The second-order valence-corrected chi connectivity index (χ2v) is 6.38. The molecular weight excluding hydrogens is 286 g/mol. The summed E-state index contributed by atoms with van der Waals surface area (Å²) < 4.78 is 0. The first-order valence-electron chi connectivity index (χ1n) is 6.37. The van der Waals surface area contributed by atoms with Gasteiger partial charge in [-0.2, -0.15) is 0 Å². The number of aromatic nitrogens is 2. The Labute approximate surface area is 126 Å². The highest BCUT2D eigenvalue weighted by atomic mass is 32.2. The van der Waals surface area contributed by atoms with Crippen molar-refractivity contribution in [3.05, 3.63) is 46.8 Å². The van der Waals surface area contributed by atoms with Crippen LogP contribution >= 0.6 is 23.1 Å². The van der Waals surface area contributed by atoms with E-state index in [1.165, 1.54) is 11.1 Å². The van der Waals surface area contributed by atoms with E-state index < -0.39 is 0 Å². The fraction of sp³-hybridized carbons (Fsp3) is 0.200. The Morgan fingerprint density at radius 1 is 1.25 bits per heavy atom. The first-order chi connectivity index (χ1) is 9.76. The van der Waals surface area contributed by atoms with E-state index in [4.69, 9.17) is 0 Å². The average molecular weight is 301 g/mol. The second kappa shape index (κ2) is 5.81. The number of thiophene rings is 1. The third-order valence-corrected chi connectivity index (χ3v) is 4.84. The SMILES string of the molecule is CNc1nc(SCc2cccc(C)c2)c2ccsc2n1. The summed E-state index contributed by atoms with van der Waals surface area (Å²) in [6.45, 7) is 2.12. The van der Waals surface area contributed by atoms with Crippen molar-refractivity contribution >= 4 is 39.3 Å². The number of hydrogen-bond donors (Lipinski definition) is 1. The van der Waals surface area contributed by atoms with Crippen LogP contribution < -0.4 is 5.32 Å². The topological polar surface area (TPSA) is 37.8 Å². The number of thioether (sulfide) groups is 1. The molecule has 102 valence electrons. The number of hydrogen-bond acceptors (Lipinski definition) is 5. The lowest BCUT2D eigenvalue weighted by Gasteiger charge is -2.06. The lowest BCUT2D eigenvalue weighted by atomic mass is 10.2. The molecule has 0 saturated heterocycles. The molecule has 5 heteroatoms. The van der Waals surface area contributed by atoms with E-state index in [1.54, 1.807) is 23.1 Å². The summed E-state index contributed by atoms with van der Waals surface area (Å²) in [6, 6.07) is 10.7. The molecule has 0 aliphatic rings. The van der Waals surface area contributed by atoms with Crippen molar-refractivity contribution < 1.29 is 0 Å². The Kier molecular flexibility index (Phi) is 3.89. The second-order valence-electron chi connectivity index (χ2n) is 4.52. The number of nitrogens with one attached hydrogen (secondary N) is 1. The molecule has 20 heavy (non-hydrogen) atoms. The van der Waals surface area contributed by atoms with E-state index in [1.807, 2.05) is 7.05 Å². The Balaban J connectivity index is 1.88. The molecule has 0 radical (unpaired) electrons. The lowest BCUT2D eigenvalue weighted by Crippen LogP contribution is -1.97. The largest absolute Gasteiger partial charge is 0.357 e. The fourth-order valence-corrected chi connectivity index (χ4v) is 3.79. The number of aryl methyl sites for hydroxylation is 1. The first-order valence-corrected chi connectivity index (χ1v) is 8.24. The van der Waals surface area contributed by atoms with Crippen molar-refractivity contribution in [2.75, 3.05) is 12.4 Å². The summed E-state index contributed by atoms with van der Waals surface area (Å²) >= 11 is 3.41. The smallest absolute Gasteiger partial charge is 0.224 e. The highest BCUT2D eigenvalue weighted by Gasteiger charge is 2.09. The molecule has 0 aliphatic heterocycles. The van der Waals surface area contributed by atoms with E-state index in [9.17, 15) is 0 Å². The van der Waals surface area contributed by atoms with Gasteiger partial charge in [-0.25, -0.2) is 9.97 Å². The van der Waals surface area contributed by atoms with E-state index >= 15 is 0 Å². The Bertz CT molecular complexity index is 737. The van der Waals surface area contributed by atoms with Crippen molar-refractivity contribution in [1.29, 1.82) is 0 Å². The maximum absolute atomic E-state index is 4.58. The molecule has 0 amide bonds. The Morgan fingerprint density at radius 3 is 2.95 bits per heavy atom. The van der Waals surface area contributed by atoms with Gasteiger partial charge >= 0.3 is 0 Å². The number of nitrogens with zero attached hydrogens (tertiary/aromatic N) is 2. The van der Waals surface area contributed by atoms with Crippen LogP contribution in [0.5, 0.6) is 0 Å². The van der Waals surface area contributed by atoms with Gasteiger partial charge in [0.05, 0.1) is 0 Å². The van der Waals surface area contributed by atoms with E-state index in [2.05, 4.69) is 57.9 Å².